The smallest absolute Gasteiger partial charge is 0.133 e. The van der Waals surface area contributed by atoms with Crippen molar-refractivity contribution in [3.05, 3.63) is 58.4 Å². The highest BCUT2D eigenvalue weighted by Gasteiger charge is 2.11. The van der Waals surface area contributed by atoms with Crippen LogP contribution in [-0.2, 0) is 6.54 Å². The first kappa shape index (κ1) is 14.5. The lowest BCUT2D eigenvalue weighted by atomic mass is 10.1. The first-order valence-electron chi connectivity index (χ1n) is 6.70. The van der Waals surface area contributed by atoms with Crippen LogP contribution in [0.4, 0.5) is 4.39 Å². The van der Waals surface area contributed by atoms with E-state index >= 15 is 0 Å². The number of nitrogens with one attached hydrogen (secondary N) is 1. The summed E-state index contributed by atoms with van der Waals surface area (Å²) in [5.41, 5.74) is 4.19. The van der Waals surface area contributed by atoms with E-state index in [0.717, 1.165) is 22.4 Å². The molecule has 0 amide bonds. The first-order chi connectivity index (χ1) is 9.52. The van der Waals surface area contributed by atoms with E-state index in [-0.39, 0.29) is 5.82 Å². The third kappa shape index (κ3) is 2.99. The van der Waals surface area contributed by atoms with Crippen molar-refractivity contribution in [2.75, 3.05) is 7.05 Å². The van der Waals surface area contributed by atoms with E-state index in [9.17, 15) is 4.39 Å². The third-order valence-corrected chi connectivity index (χ3v) is 3.48. The zero-order chi connectivity index (χ0) is 14.7. The molecular formula is C17H20FNO. The van der Waals surface area contributed by atoms with Gasteiger partial charge in [0.25, 0.3) is 0 Å². The predicted molar refractivity (Wildman–Crippen MR) is 79.9 cm³/mol. The molecule has 106 valence electrons. The van der Waals surface area contributed by atoms with Gasteiger partial charge in [-0.05, 0) is 62.7 Å². The molecule has 0 radical (unpaired) electrons. The van der Waals surface area contributed by atoms with Gasteiger partial charge in [-0.1, -0.05) is 12.1 Å². The Labute approximate surface area is 119 Å². The van der Waals surface area contributed by atoms with Crippen LogP contribution in [0.25, 0.3) is 0 Å². The summed E-state index contributed by atoms with van der Waals surface area (Å²) in [5.74, 6) is 1.30. The fraction of sp³-hybridized carbons (Fsp3) is 0.294. The van der Waals surface area contributed by atoms with Gasteiger partial charge in [-0.2, -0.15) is 0 Å². The maximum Gasteiger partial charge on any atom is 0.133 e. The highest BCUT2D eigenvalue weighted by Crippen LogP contribution is 2.32. The Hall–Kier alpha value is -1.87. The molecule has 0 aliphatic rings. The Bertz CT molecular complexity index is 623. The van der Waals surface area contributed by atoms with Crippen LogP contribution in [0.1, 0.15) is 22.3 Å². The molecule has 0 bridgehead atoms. The molecule has 0 atom stereocenters. The van der Waals surface area contributed by atoms with Crippen LogP contribution in [-0.4, -0.2) is 7.05 Å². The number of halogens is 1. The Balaban J connectivity index is 2.42. The number of ether oxygens (including phenoxy) is 1. The maximum atomic E-state index is 13.3. The molecule has 1 N–H and O–H groups in total. The zero-order valence-corrected chi connectivity index (χ0v) is 12.4. The van der Waals surface area contributed by atoms with E-state index in [0.29, 0.717) is 12.3 Å². The van der Waals surface area contributed by atoms with E-state index in [1.54, 1.807) is 6.07 Å². The van der Waals surface area contributed by atoms with Crippen molar-refractivity contribution in [1.29, 1.82) is 0 Å². The molecule has 0 fully saturated rings. The van der Waals surface area contributed by atoms with Crippen molar-refractivity contribution in [3.63, 3.8) is 0 Å². The molecule has 3 heteroatoms. The largest absolute Gasteiger partial charge is 0.456 e. The molecule has 0 saturated heterocycles. The van der Waals surface area contributed by atoms with Crippen molar-refractivity contribution in [3.8, 4) is 11.5 Å². The minimum Gasteiger partial charge on any atom is -0.456 e. The van der Waals surface area contributed by atoms with Crippen molar-refractivity contribution >= 4 is 0 Å². The normalized spacial score (nSPS) is 10.7. The second kappa shape index (κ2) is 6.06. The molecule has 0 aromatic heterocycles. The molecule has 2 aromatic rings. The molecule has 0 unspecified atom stereocenters. The SMILES string of the molecule is CNCc1cc(F)ccc1Oc1c(C)ccc(C)c1C. The van der Waals surface area contributed by atoms with E-state index in [2.05, 4.69) is 18.3 Å². The van der Waals surface area contributed by atoms with Crippen LogP contribution in [0.2, 0.25) is 0 Å². The van der Waals surface area contributed by atoms with Gasteiger partial charge in [0.15, 0.2) is 0 Å². The summed E-state index contributed by atoms with van der Waals surface area (Å²) in [6.45, 7) is 6.68. The Kier molecular flexibility index (Phi) is 4.40. The van der Waals surface area contributed by atoms with Gasteiger partial charge < -0.3 is 10.1 Å². The summed E-state index contributed by atoms with van der Waals surface area (Å²) in [4.78, 5) is 0. The third-order valence-electron chi connectivity index (χ3n) is 3.48. The topological polar surface area (TPSA) is 21.3 Å². The number of rotatable bonds is 4. The second-order valence-corrected chi connectivity index (χ2v) is 5.04. The van der Waals surface area contributed by atoms with Gasteiger partial charge in [0.1, 0.15) is 17.3 Å². The van der Waals surface area contributed by atoms with Gasteiger partial charge in [-0.25, -0.2) is 4.39 Å². The monoisotopic (exact) mass is 273 g/mol. The summed E-state index contributed by atoms with van der Waals surface area (Å²) in [6.07, 6.45) is 0. The lowest BCUT2D eigenvalue weighted by molar-refractivity contribution is 0.464. The van der Waals surface area contributed by atoms with Gasteiger partial charge >= 0.3 is 0 Å². The Morgan fingerprint density at radius 1 is 1.05 bits per heavy atom. The fourth-order valence-electron chi connectivity index (χ4n) is 2.17. The molecule has 2 aromatic carbocycles. The second-order valence-electron chi connectivity index (χ2n) is 5.04. The van der Waals surface area contributed by atoms with Crippen molar-refractivity contribution < 1.29 is 9.13 Å². The van der Waals surface area contributed by atoms with E-state index in [1.807, 2.05) is 27.0 Å². The Morgan fingerprint density at radius 2 is 1.75 bits per heavy atom. The van der Waals surface area contributed by atoms with Crippen molar-refractivity contribution in [2.24, 2.45) is 0 Å². The lowest BCUT2D eigenvalue weighted by Crippen LogP contribution is -2.07. The quantitative estimate of drug-likeness (QED) is 0.898. The number of aryl methyl sites for hydroxylation is 2. The molecule has 2 rings (SSSR count). The number of hydrogen-bond donors (Lipinski definition) is 1. The minimum absolute atomic E-state index is 0.250. The minimum atomic E-state index is -0.250. The van der Waals surface area contributed by atoms with Crippen LogP contribution in [0, 0.1) is 26.6 Å². The maximum absolute atomic E-state index is 13.3. The van der Waals surface area contributed by atoms with Crippen LogP contribution in [0.3, 0.4) is 0 Å². The van der Waals surface area contributed by atoms with Gasteiger partial charge in [-0.3, -0.25) is 0 Å². The average Bonchev–Trinajstić information content (AvgIpc) is 2.42. The summed E-state index contributed by atoms with van der Waals surface area (Å²) in [6, 6.07) is 8.74. The molecular weight excluding hydrogens is 253 g/mol. The summed E-state index contributed by atoms with van der Waals surface area (Å²) < 4.78 is 19.4. The fourth-order valence-corrected chi connectivity index (χ4v) is 2.17. The molecule has 2 nitrogen and oxygen atoms in total. The molecule has 0 aliphatic heterocycles. The van der Waals surface area contributed by atoms with E-state index in [1.165, 1.54) is 17.7 Å². The lowest BCUT2D eigenvalue weighted by Gasteiger charge is -2.16. The highest BCUT2D eigenvalue weighted by atomic mass is 19.1. The Morgan fingerprint density at radius 3 is 2.45 bits per heavy atom. The number of hydrogen-bond acceptors (Lipinski definition) is 2. The standard InChI is InChI=1S/C17H20FNO/c1-11-5-6-12(2)17(13(11)3)20-16-8-7-15(18)9-14(16)10-19-4/h5-9,19H,10H2,1-4H3. The van der Waals surface area contributed by atoms with E-state index < -0.39 is 0 Å². The summed E-state index contributed by atoms with van der Waals surface area (Å²) in [5, 5.41) is 3.03. The number of benzene rings is 2. The van der Waals surface area contributed by atoms with Gasteiger partial charge in [0.05, 0.1) is 0 Å². The van der Waals surface area contributed by atoms with Crippen molar-refractivity contribution in [1.82, 2.24) is 5.32 Å². The van der Waals surface area contributed by atoms with Crippen LogP contribution >= 0.6 is 0 Å². The van der Waals surface area contributed by atoms with Gasteiger partial charge in [0, 0.05) is 12.1 Å². The van der Waals surface area contributed by atoms with Crippen LogP contribution in [0.15, 0.2) is 30.3 Å². The molecule has 0 heterocycles. The predicted octanol–water partition coefficient (Wildman–Crippen LogP) is 4.26. The average molecular weight is 273 g/mol. The summed E-state index contributed by atoms with van der Waals surface area (Å²) in [7, 11) is 1.83. The van der Waals surface area contributed by atoms with Gasteiger partial charge in [0.2, 0.25) is 0 Å². The molecule has 0 aliphatic carbocycles. The molecule has 0 spiro atoms. The molecule has 20 heavy (non-hydrogen) atoms. The van der Waals surface area contributed by atoms with Crippen LogP contribution in [0.5, 0.6) is 11.5 Å². The van der Waals surface area contributed by atoms with E-state index in [4.69, 9.17) is 4.74 Å². The highest BCUT2D eigenvalue weighted by molar-refractivity contribution is 5.48. The molecule has 0 saturated carbocycles. The summed E-state index contributed by atoms with van der Waals surface area (Å²) >= 11 is 0. The van der Waals surface area contributed by atoms with Crippen molar-refractivity contribution in [2.45, 2.75) is 27.3 Å². The first-order valence-corrected chi connectivity index (χ1v) is 6.70. The van der Waals surface area contributed by atoms with Crippen LogP contribution < -0.4 is 10.1 Å². The zero-order valence-electron chi connectivity index (χ0n) is 12.4. The van der Waals surface area contributed by atoms with Gasteiger partial charge in [-0.15, -0.1) is 0 Å².